The molecule has 1 N–H and O–H groups in total. The molecule has 1 atom stereocenters. The van der Waals surface area contributed by atoms with Crippen molar-refractivity contribution >= 4 is 0 Å². The lowest BCUT2D eigenvalue weighted by atomic mass is 9.99. The molecule has 94 valence electrons. The highest BCUT2D eigenvalue weighted by molar-refractivity contribution is 5.37. The number of hydrogen-bond acceptors (Lipinski definition) is 2. The van der Waals surface area contributed by atoms with Crippen LogP contribution in [0.3, 0.4) is 0 Å². The van der Waals surface area contributed by atoms with Crippen LogP contribution in [-0.2, 0) is 0 Å². The Morgan fingerprint density at radius 3 is 2.82 bits per heavy atom. The molecule has 1 saturated carbocycles. The normalized spacial score (nSPS) is 16.9. The Kier molecular flexibility index (Phi) is 4.00. The van der Waals surface area contributed by atoms with E-state index in [1.54, 1.807) is 13.2 Å². The zero-order valence-electron chi connectivity index (χ0n) is 10.5. The molecule has 1 aromatic rings. The van der Waals surface area contributed by atoms with Gasteiger partial charge >= 0.3 is 0 Å². The highest BCUT2D eigenvalue weighted by Crippen LogP contribution is 2.37. The van der Waals surface area contributed by atoms with Gasteiger partial charge in [-0.1, -0.05) is 18.9 Å². The molecule has 1 aliphatic carbocycles. The molecule has 1 unspecified atom stereocenters. The molecular weight excluding hydrogens is 217 g/mol. The van der Waals surface area contributed by atoms with Crippen molar-refractivity contribution in [2.24, 2.45) is 5.92 Å². The van der Waals surface area contributed by atoms with E-state index in [1.807, 2.05) is 13.1 Å². The zero-order valence-corrected chi connectivity index (χ0v) is 10.5. The van der Waals surface area contributed by atoms with Crippen molar-refractivity contribution in [3.05, 3.63) is 29.6 Å². The van der Waals surface area contributed by atoms with Gasteiger partial charge in [0.25, 0.3) is 0 Å². The van der Waals surface area contributed by atoms with Crippen LogP contribution >= 0.6 is 0 Å². The van der Waals surface area contributed by atoms with Crippen LogP contribution in [0.2, 0.25) is 0 Å². The largest absolute Gasteiger partial charge is 0.496 e. The minimum Gasteiger partial charge on any atom is -0.496 e. The Labute approximate surface area is 102 Å². The Hall–Kier alpha value is -1.09. The van der Waals surface area contributed by atoms with Crippen molar-refractivity contribution in [2.75, 3.05) is 14.2 Å². The number of hydrogen-bond donors (Lipinski definition) is 1. The summed E-state index contributed by atoms with van der Waals surface area (Å²) in [6.45, 7) is 0. The van der Waals surface area contributed by atoms with Gasteiger partial charge in [0.1, 0.15) is 11.6 Å². The van der Waals surface area contributed by atoms with E-state index in [1.165, 1.54) is 25.3 Å². The number of rotatable bonds is 6. The third kappa shape index (κ3) is 2.97. The smallest absolute Gasteiger partial charge is 0.131 e. The number of nitrogens with one attached hydrogen (secondary N) is 1. The van der Waals surface area contributed by atoms with E-state index in [9.17, 15) is 4.39 Å². The van der Waals surface area contributed by atoms with Crippen LogP contribution in [0.25, 0.3) is 0 Å². The van der Waals surface area contributed by atoms with Crippen molar-refractivity contribution < 1.29 is 9.13 Å². The molecule has 0 heterocycles. The summed E-state index contributed by atoms with van der Waals surface area (Å²) in [5.74, 6) is 1.32. The lowest BCUT2D eigenvalue weighted by Gasteiger charge is -2.19. The van der Waals surface area contributed by atoms with Gasteiger partial charge in [-0.3, -0.25) is 0 Å². The maximum Gasteiger partial charge on any atom is 0.131 e. The van der Waals surface area contributed by atoms with Gasteiger partial charge in [0.2, 0.25) is 0 Å². The average molecular weight is 237 g/mol. The van der Waals surface area contributed by atoms with Gasteiger partial charge in [0.15, 0.2) is 0 Å². The van der Waals surface area contributed by atoms with Crippen LogP contribution in [0.5, 0.6) is 5.75 Å². The van der Waals surface area contributed by atoms with Crippen molar-refractivity contribution in [2.45, 2.75) is 31.7 Å². The van der Waals surface area contributed by atoms with Gasteiger partial charge in [-0.25, -0.2) is 4.39 Å². The van der Waals surface area contributed by atoms with E-state index >= 15 is 0 Å². The van der Waals surface area contributed by atoms with Crippen LogP contribution in [-0.4, -0.2) is 14.2 Å². The maximum absolute atomic E-state index is 13.9. The van der Waals surface area contributed by atoms with E-state index in [0.29, 0.717) is 11.3 Å². The topological polar surface area (TPSA) is 21.3 Å². The molecule has 3 heteroatoms. The summed E-state index contributed by atoms with van der Waals surface area (Å²) in [5, 5.41) is 3.20. The number of ether oxygens (including phenoxy) is 1. The van der Waals surface area contributed by atoms with E-state index in [0.717, 1.165) is 12.3 Å². The maximum atomic E-state index is 13.9. The molecule has 2 rings (SSSR count). The number of benzene rings is 1. The highest BCUT2D eigenvalue weighted by atomic mass is 19.1. The molecule has 0 spiro atoms. The molecule has 1 aromatic carbocycles. The second-order valence-corrected chi connectivity index (χ2v) is 4.72. The summed E-state index contributed by atoms with van der Waals surface area (Å²) in [7, 11) is 3.47. The van der Waals surface area contributed by atoms with E-state index in [-0.39, 0.29) is 11.9 Å². The molecule has 2 nitrogen and oxygen atoms in total. The summed E-state index contributed by atoms with van der Waals surface area (Å²) in [6.07, 6.45) is 4.82. The minimum absolute atomic E-state index is 0.0479. The zero-order chi connectivity index (χ0) is 12.3. The van der Waals surface area contributed by atoms with Gasteiger partial charge in [0, 0.05) is 11.6 Å². The third-order valence-corrected chi connectivity index (χ3v) is 3.49. The standard InChI is InChI=1S/C14H20FNO/c1-16-12(9-8-10-6-7-10)14-11(15)4-3-5-13(14)17-2/h3-5,10,12,16H,6-9H2,1-2H3. The fourth-order valence-corrected chi connectivity index (χ4v) is 2.28. The third-order valence-electron chi connectivity index (χ3n) is 3.49. The summed E-state index contributed by atoms with van der Waals surface area (Å²) in [6, 6.07) is 5.05. The lowest BCUT2D eigenvalue weighted by molar-refractivity contribution is 0.386. The first-order valence-electron chi connectivity index (χ1n) is 6.26. The Morgan fingerprint density at radius 2 is 2.24 bits per heavy atom. The number of methoxy groups -OCH3 is 1. The summed E-state index contributed by atoms with van der Waals surface area (Å²) in [4.78, 5) is 0. The fraction of sp³-hybridized carbons (Fsp3) is 0.571. The summed E-state index contributed by atoms with van der Waals surface area (Å²) >= 11 is 0. The van der Waals surface area contributed by atoms with Gasteiger partial charge in [-0.15, -0.1) is 0 Å². The molecule has 1 aliphatic rings. The van der Waals surface area contributed by atoms with Crippen molar-refractivity contribution in [3.63, 3.8) is 0 Å². The first kappa shape index (κ1) is 12.4. The van der Waals surface area contributed by atoms with Crippen LogP contribution in [0.4, 0.5) is 4.39 Å². The first-order valence-corrected chi connectivity index (χ1v) is 6.26. The second kappa shape index (κ2) is 5.50. The molecule has 0 radical (unpaired) electrons. The summed E-state index contributed by atoms with van der Waals surface area (Å²) in [5.41, 5.74) is 0.665. The average Bonchev–Trinajstić information content (AvgIpc) is 3.15. The van der Waals surface area contributed by atoms with E-state index in [4.69, 9.17) is 4.74 Å². The van der Waals surface area contributed by atoms with Gasteiger partial charge in [-0.2, -0.15) is 0 Å². The summed E-state index contributed by atoms with van der Waals surface area (Å²) < 4.78 is 19.1. The fourth-order valence-electron chi connectivity index (χ4n) is 2.28. The van der Waals surface area contributed by atoms with E-state index in [2.05, 4.69) is 5.32 Å². The van der Waals surface area contributed by atoms with Gasteiger partial charge < -0.3 is 10.1 Å². The molecule has 0 amide bonds. The highest BCUT2D eigenvalue weighted by Gasteiger charge is 2.25. The predicted octanol–water partition coefficient (Wildman–Crippen LogP) is 3.29. The quantitative estimate of drug-likeness (QED) is 0.819. The molecule has 0 bridgehead atoms. The van der Waals surface area contributed by atoms with Gasteiger partial charge in [0.05, 0.1) is 7.11 Å². The predicted molar refractivity (Wildman–Crippen MR) is 66.7 cm³/mol. The van der Waals surface area contributed by atoms with Crippen LogP contribution in [0.15, 0.2) is 18.2 Å². The molecule has 0 saturated heterocycles. The Morgan fingerprint density at radius 1 is 1.47 bits per heavy atom. The SMILES string of the molecule is CNC(CCC1CC1)c1c(F)cccc1OC. The van der Waals surface area contributed by atoms with E-state index < -0.39 is 0 Å². The van der Waals surface area contributed by atoms with Gasteiger partial charge in [-0.05, 0) is 37.9 Å². The molecule has 1 fully saturated rings. The van der Waals surface area contributed by atoms with Crippen LogP contribution < -0.4 is 10.1 Å². The molecule has 17 heavy (non-hydrogen) atoms. The molecule has 0 aromatic heterocycles. The number of halogens is 1. The Balaban J connectivity index is 2.15. The van der Waals surface area contributed by atoms with Crippen LogP contribution in [0.1, 0.15) is 37.3 Å². The van der Waals surface area contributed by atoms with Crippen LogP contribution in [0, 0.1) is 11.7 Å². The lowest BCUT2D eigenvalue weighted by Crippen LogP contribution is -2.18. The molecule has 0 aliphatic heterocycles. The van der Waals surface area contributed by atoms with Crippen molar-refractivity contribution in [1.82, 2.24) is 5.32 Å². The van der Waals surface area contributed by atoms with Crippen molar-refractivity contribution in [1.29, 1.82) is 0 Å². The molecular formula is C14H20FNO. The minimum atomic E-state index is -0.181. The Bertz CT molecular complexity index is 376. The van der Waals surface area contributed by atoms with Crippen molar-refractivity contribution in [3.8, 4) is 5.75 Å². The first-order chi connectivity index (χ1) is 8.26. The second-order valence-electron chi connectivity index (χ2n) is 4.72. The monoisotopic (exact) mass is 237 g/mol.